The minimum Gasteiger partial charge on any atom is -0.478 e. The van der Waals surface area contributed by atoms with Gasteiger partial charge in [-0.25, -0.2) is 9.18 Å². The van der Waals surface area contributed by atoms with Gasteiger partial charge in [-0.2, -0.15) is 0 Å². The van der Waals surface area contributed by atoms with Gasteiger partial charge in [0.25, 0.3) is 5.56 Å². The molecule has 2 N–H and O–H groups in total. The highest BCUT2D eigenvalue weighted by atomic mass is 19.1. The van der Waals surface area contributed by atoms with Crippen LogP contribution in [0.4, 0.5) is 15.8 Å². The topological polar surface area (TPSA) is 74.0 Å². The second-order valence-electron chi connectivity index (χ2n) is 9.36. The van der Waals surface area contributed by atoms with Crippen molar-refractivity contribution >= 4 is 22.9 Å². The van der Waals surface area contributed by atoms with Crippen molar-refractivity contribution in [3.63, 3.8) is 0 Å². The molecule has 6 nitrogen and oxygen atoms in total. The van der Waals surface area contributed by atoms with Gasteiger partial charge in [0, 0.05) is 36.2 Å². The molecule has 0 fully saturated rings. The Hall–Kier alpha value is -4.13. The van der Waals surface area contributed by atoms with Crippen LogP contribution in [0.25, 0.3) is 5.52 Å². The summed E-state index contributed by atoms with van der Waals surface area (Å²) in [6.45, 7) is 6.97. The third-order valence-corrected chi connectivity index (χ3v) is 7.02. The Labute approximate surface area is 208 Å². The summed E-state index contributed by atoms with van der Waals surface area (Å²) in [6.07, 6.45) is 2.63. The molecule has 1 atom stereocenters. The first-order valence-electron chi connectivity index (χ1n) is 12.1. The number of nitrogens with zero attached hydrogens (tertiary/aromatic N) is 2. The molecule has 4 aromatic rings. The Morgan fingerprint density at radius 3 is 2.61 bits per heavy atom. The largest absolute Gasteiger partial charge is 0.478 e. The zero-order valence-electron chi connectivity index (χ0n) is 20.5. The molecule has 1 aliphatic rings. The van der Waals surface area contributed by atoms with Crippen molar-refractivity contribution in [2.75, 3.05) is 10.2 Å². The predicted octanol–water partition coefficient (Wildman–Crippen LogP) is 5.70. The number of para-hydroxylation sites is 1. The van der Waals surface area contributed by atoms with Gasteiger partial charge < -0.3 is 15.3 Å². The van der Waals surface area contributed by atoms with Gasteiger partial charge in [-0.3, -0.25) is 9.20 Å². The minimum absolute atomic E-state index is 0.0978. The van der Waals surface area contributed by atoms with E-state index in [0.717, 1.165) is 39.9 Å². The second-order valence-corrected chi connectivity index (χ2v) is 9.36. The summed E-state index contributed by atoms with van der Waals surface area (Å²) in [5, 5.41) is 12.9. The van der Waals surface area contributed by atoms with E-state index < -0.39 is 5.97 Å². The van der Waals surface area contributed by atoms with Crippen LogP contribution in [0.1, 0.15) is 58.1 Å². The molecule has 36 heavy (non-hydrogen) atoms. The molecule has 7 heteroatoms. The number of rotatable bonds is 6. The van der Waals surface area contributed by atoms with Crippen LogP contribution in [-0.2, 0) is 19.5 Å². The smallest absolute Gasteiger partial charge is 0.337 e. The monoisotopic (exact) mass is 485 g/mol. The van der Waals surface area contributed by atoms with E-state index in [1.807, 2.05) is 33.0 Å². The molecule has 0 radical (unpaired) electrons. The number of carboxylic acids is 1. The summed E-state index contributed by atoms with van der Waals surface area (Å²) >= 11 is 0. The van der Waals surface area contributed by atoms with Gasteiger partial charge in [0.15, 0.2) is 0 Å². The number of hydrogen-bond donors (Lipinski definition) is 2. The maximum absolute atomic E-state index is 13.8. The SMILES string of the molecule is CCc1cc([C@H](C)Nc2ccccc2C(=O)O)c2cc(N3Cc4ccc(F)cc4C3)c(C)c(=O)n2c1. The summed E-state index contributed by atoms with van der Waals surface area (Å²) in [5.74, 6) is -1.27. The lowest BCUT2D eigenvalue weighted by Crippen LogP contribution is -2.25. The highest BCUT2D eigenvalue weighted by molar-refractivity contribution is 5.94. The van der Waals surface area contributed by atoms with Crippen molar-refractivity contribution in [1.29, 1.82) is 0 Å². The number of pyridine rings is 2. The number of halogens is 1. The average Bonchev–Trinajstić information content (AvgIpc) is 3.28. The van der Waals surface area contributed by atoms with Crippen molar-refractivity contribution in [3.05, 3.63) is 110 Å². The first kappa shape index (κ1) is 23.6. The van der Waals surface area contributed by atoms with Crippen LogP contribution in [0.3, 0.4) is 0 Å². The molecule has 0 amide bonds. The van der Waals surface area contributed by atoms with Gasteiger partial charge in [0.2, 0.25) is 0 Å². The lowest BCUT2D eigenvalue weighted by atomic mass is 10.0. The van der Waals surface area contributed by atoms with Gasteiger partial charge >= 0.3 is 5.97 Å². The molecular weight excluding hydrogens is 457 g/mol. The number of aryl methyl sites for hydroxylation is 1. The van der Waals surface area contributed by atoms with E-state index in [9.17, 15) is 19.1 Å². The quantitative estimate of drug-likeness (QED) is 0.366. The predicted molar refractivity (Wildman–Crippen MR) is 140 cm³/mol. The number of benzene rings is 2. The molecule has 0 saturated heterocycles. The van der Waals surface area contributed by atoms with E-state index in [-0.39, 0.29) is 23.0 Å². The molecule has 2 aromatic heterocycles. The molecule has 0 bridgehead atoms. The standard InChI is InChI=1S/C29H28FN3O3/c1-4-19-11-24(18(3)31-25-8-6-5-7-23(25)29(35)36)27-13-26(17(2)28(34)33(27)14-19)32-15-20-9-10-22(30)12-21(20)16-32/h5-14,18,31H,4,15-16H2,1-3H3,(H,35,36)/t18-/m0/s1. The fourth-order valence-corrected chi connectivity index (χ4v) is 5.04. The van der Waals surface area contributed by atoms with E-state index in [0.29, 0.717) is 24.3 Å². The van der Waals surface area contributed by atoms with Crippen molar-refractivity contribution in [3.8, 4) is 0 Å². The van der Waals surface area contributed by atoms with Gasteiger partial charge in [0.1, 0.15) is 5.82 Å². The summed E-state index contributed by atoms with van der Waals surface area (Å²) < 4.78 is 15.5. The molecule has 0 unspecified atom stereocenters. The minimum atomic E-state index is -1.00. The van der Waals surface area contributed by atoms with E-state index in [4.69, 9.17) is 0 Å². The first-order chi connectivity index (χ1) is 17.3. The van der Waals surface area contributed by atoms with Crippen molar-refractivity contribution in [2.45, 2.75) is 46.3 Å². The number of aromatic nitrogens is 1. The van der Waals surface area contributed by atoms with Gasteiger partial charge in [-0.05, 0) is 72.9 Å². The molecule has 0 aliphatic carbocycles. The molecule has 0 spiro atoms. The molecular formula is C29H28FN3O3. The third-order valence-electron chi connectivity index (χ3n) is 7.02. The number of fused-ring (bicyclic) bond motifs is 2. The van der Waals surface area contributed by atoms with E-state index >= 15 is 0 Å². The maximum atomic E-state index is 13.8. The average molecular weight is 486 g/mol. The van der Waals surface area contributed by atoms with Crippen LogP contribution in [0, 0.1) is 12.7 Å². The molecule has 3 heterocycles. The summed E-state index contributed by atoms with van der Waals surface area (Å²) in [6, 6.07) is 15.5. The van der Waals surface area contributed by atoms with E-state index in [2.05, 4.69) is 16.3 Å². The molecule has 0 saturated carbocycles. The zero-order chi connectivity index (χ0) is 25.6. The van der Waals surface area contributed by atoms with Gasteiger partial charge in [0.05, 0.1) is 17.1 Å². The number of nitrogens with one attached hydrogen (secondary N) is 1. The first-order valence-corrected chi connectivity index (χ1v) is 12.1. The van der Waals surface area contributed by atoms with Crippen LogP contribution < -0.4 is 15.8 Å². The zero-order valence-corrected chi connectivity index (χ0v) is 20.5. The number of carbonyl (C=O) groups is 1. The molecule has 1 aliphatic heterocycles. The van der Waals surface area contributed by atoms with Crippen molar-refractivity contribution < 1.29 is 14.3 Å². The second kappa shape index (κ2) is 9.15. The normalized spacial score (nSPS) is 13.6. The molecule has 5 rings (SSSR count). The number of hydrogen-bond acceptors (Lipinski definition) is 4. The third kappa shape index (κ3) is 4.11. The van der Waals surface area contributed by atoms with E-state index in [1.54, 1.807) is 40.8 Å². The summed E-state index contributed by atoms with van der Waals surface area (Å²) in [4.78, 5) is 27.4. The summed E-state index contributed by atoms with van der Waals surface area (Å²) in [7, 11) is 0. The van der Waals surface area contributed by atoms with Crippen LogP contribution in [0.2, 0.25) is 0 Å². The number of carboxylic acid groups (broad SMARTS) is 1. The molecule has 184 valence electrons. The van der Waals surface area contributed by atoms with Crippen LogP contribution in [0.5, 0.6) is 0 Å². The Balaban J connectivity index is 1.62. The lowest BCUT2D eigenvalue weighted by molar-refractivity contribution is 0.0698. The van der Waals surface area contributed by atoms with Crippen LogP contribution in [-0.4, -0.2) is 15.5 Å². The fraction of sp³-hybridized carbons (Fsp3) is 0.241. The van der Waals surface area contributed by atoms with Crippen LogP contribution >= 0.6 is 0 Å². The Morgan fingerprint density at radius 2 is 1.86 bits per heavy atom. The van der Waals surface area contributed by atoms with Crippen LogP contribution in [0.15, 0.2) is 65.6 Å². The number of anilines is 2. The Bertz CT molecular complexity index is 1560. The highest BCUT2D eigenvalue weighted by Crippen LogP contribution is 2.33. The van der Waals surface area contributed by atoms with E-state index in [1.165, 1.54) is 6.07 Å². The van der Waals surface area contributed by atoms with Gasteiger partial charge in [-0.1, -0.05) is 31.2 Å². The summed E-state index contributed by atoms with van der Waals surface area (Å²) in [5.41, 5.74) is 6.71. The molecule has 2 aromatic carbocycles. The van der Waals surface area contributed by atoms with Crippen molar-refractivity contribution in [1.82, 2.24) is 4.40 Å². The van der Waals surface area contributed by atoms with Gasteiger partial charge in [-0.15, -0.1) is 0 Å². The van der Waals surface area contributed by atoms with Crippen molar-refractivity contribution in [2.24, 2.45) is 0 Å². The Kier molecular flexibility index (Phi) is 6.00. The fourth-order valence-electron chi connectivity index (χ4n) is 5.04. The maximum Gasteiger partial charge on any atom is 0.337 e. The highest BCUT2D eigenvalue weighted by Gasteiger charge is 2.24. The lowest BCUT2D eigenvalue weighted by Gasteiger charge is -2.24. The Morgan fingerprint density at radius 1 is 1.11 bits per heavy atom. The number of aromatic carboxylic acids is 1.